The third-order valence-corrected chi connectivity index (χ3v) is 3.94. The lowest BCUT2D eigenvalue weighted by molar-refractivity contribution is -0.116. The molecule has 96 valence electrons. The van der Waals surface area contributed by atoms with E-state index in [-0.39, 0.29) is 11.3 Å². The van der Waals surface area contributed by atoms with E-state index in [0.717, 1.165) is 6.42 Å². The summed E-state index contributed by atoms with van der Waals surface area (Å²) >= 11 is 1.38. The molecule has 0 atom stereocenters. The van der Waals surface area contributed by atoms with E-state index in [1.807, 2.05) is 0 Å². The van der Waals surface area contributed by atoms with Crippen LogP contribution in [0.5, 0.6) is 0 Å². The van der Waals surface area contributed by atoms with Gasteiger partial charge in [-0.25, -0.2) is 0 Å². The molecule has 0 unspecified atom stereocenters. The Balaban J connectivity index is 2.13. The fraction of sp³-hybridized carbons (Fsp3) is 0.462. The van der Waals surface area contributed by atoms with Crippen LogP contribution in [0.15, 0.2) is 33.5 Å². The van der Waals surface area contributed by atoms with Crippen molar-refractivity contribution in [1.82, 2.24) is 5.32 Å². The van der Waals surface area contributed by atoms with Gasteiger partial charge >= 0.3 is 0 Å². The molecule has 1 fully saturated rings. The SMILES string of the molecule is CC1=C(/C=N\N=C2/NC(=O)CS2)C(C)(C)CC=C1. The van der Waals surface area contributed by atoms with Crippen LogP contribution in [0.25, 0.3) is 0 Å². The molecule has 2 aliphatic rings. The molecular formula is C13H17N3OS. The molecular weight excluding hydrogens is 246 g/mol. The lowest BCUT2D eigenvalue weighted by atomic mass is 9.76. The Kier molecular flexibility index (Phi) is 3.71. The summed E-state index contributed by atoms with van der Waals surface area (Å²) in [5.41, 5.74) is 2.51. The van der Waals surface area contributed by atoms with E-state index in [1.165, 1.54) is 22.9 Å². The number of rotatable bonds is 2. The molecule has 1 saturated heterocycles. The van der Waals surface area contributed by atoms with E-state index in [9.17, 15) is 4.79 Å². The van der Waals surface area contributed by atoms with Crippen LogP contribution in [-0.2, 0) is 4.79 Å². The summed E-state index contributed by atoms with van der Waals surface area (Å²) in [5.74, 6) is 0.426. The smallest absolute Gasteiger partial charge is 0.236 e. The van der Waals surface area contributed by atoms with Crippen LogP contribution in [0, 0.1) is 5.41 Å². The van der Waals surface area contributed by atoms with Crippen LogP contribution in [0.2, 0.25) is 0 Å². The summed E-state index contributed by atoms with van der Waals surface area (Å²) < 4.78 is 0. The highest BCUT2D eigenvalue weighted by atomic mass is 32.2. The minimum absolute atomic E-state index is 0.00900. The van der Waals surface area contributed by atoms with Crippen molar-refractivity contribution in [3.8, 4) is 0 Å². The van der Waals surface area contributed by atoms with Crippen molar-refractivity contribution in [2.45, 2.75) is 27.2 Å². The molecule has 0 radical (unpaired) electrons. The van der Waals surface area contributed by atoms with E-state index in [4.69, 9.17) is 0 Å². The van der Waals surface area contributed by atoms with Gasteiger partial charge in [-0.3, -0.25) is 4.79 Å². The predicted molar refractivity (Wildman–Crippen MR) is 76.8 cm³/mol. The highest BCUT2D eigenvalue weighted by molar-refractivity contribution is 8.15. The van der Waals surface area contributed by atoms with Crippen LogP contribution < -0.4 is 5.32 Å². The molecule has 2 rings (SSSR count). The van der Waals surface area contributed by atoms with E-state index in [0.29, 0.717) is 10.9 Å². The maximum Gasteiger partial charge on any atom is 0.236 e. The summed E-state index contributed by atoms with van der Waals surface area (Å²) in [5, 5.41) is 11.4. The van der Waals surface area contributed by atoms with Gasteiger partial charge in [-0.1, -0.05) is 37.8 Å². The molecule has 0 aromatic carbocycles. The minimum Gasteiger partial charge on any atom is -0.303 e. The van der Waals surface area contributed by atoms with Gasteiger partial charge in [0.05, 0.1) is 12.0 Å². The molecule has 5 heteroatoms. The zero-order valence-electron chi connectivity index (χ0n) is 10.9. The average Bonchev–Trinajstić information content (AvgIpc) is 2.68. The number of thioether (sulfide) groups is 1. The van der Waals surface area contributed by atoms with E-state index >= 15 is 0 Å². The largest absolute Gasteiger partial charge is 0.303 e. The standard InChI is InChI=1S/C13H17N3OS/c1-9-5-4-6-13(2,3)10(9)7-14-16-12-15-11(17)8-18-12/h4-5,7H,6,8H2,1-3H3,(H,15,16,17)/b14-7-. The van der Waals surface area contributed by atoms with Gasteiger partial charge in [0.15, 0.2) is 5.17 Å². The molecule has 1 aliphatic carbocycles. The lowest BCUT2D eigenvalue weighted by Gasteiger charge is -2.28. The van der Waals surface area contributed by atoms with E-state index in [1.54, 1.807) is 6.21 Å². The molecule has 18 heavy (non-hydrogen) atoms. The van der Waals surface area contributed by atoms with Gasteiger partial charge in [0.25, 0.3) is 0 Å². The minimum atomic E-state index is -0.00900. The van der Waals surface area contributed by atoms with E-state index in [2.05, 4.69) is 48.4 Å². The van der Waals surface area contributed by atoms with Gasteiger partial charge in [-0.05, 0) is 29.9 Å². The Bertz CT molecular complexity index is 486. The number of carbonyl (C=O) groups excluding carboxylic acids is 1. The second-order valence-electron chi connectivity index (χ2n) is 5.07. The van der Waals surface area contributed by atoms with E-state index < -0.39 is 0 Å². The van der Waals surface area contributed by atoms with Crippen LogP contribution in [-0.4, -0.2) is 23.0 Å². The van der Waals surface area contributed by atoms with Crippen molar-refractivity contribution in [3.05, 3.63) is 23.3 Å². The number of amides is 1. The molecule has 4 nitrogen and oxygen atoms in total. The molecule has 1 aliphatic heterocycles. The Morgan fingerprint density at radius 2 is 2.28 bits per heavy atom. The van der Waals surface area contributed by atoms with Crippen LogP contribution in [0.1, 0.15) is 27.2 Å². The highest BCUT2D eigenvalue weighted by Crippen LogP contribution is 2.35. The van der Waals surface area contributed by atoms with Crippen molar-refractivity contribution in [2.75, 3.05) is 5.75 Å². The van der Waals surface area contributed by atoms with Crippen molar-refractivity contribution >= 4 is 29.1 Å². The number of allylic oxidation sites excluding steroid dienone is 4. The van der Waals surface area contributed by atoms with Gasteiger partial charge in [0.2, 0.25) is 5.91 Å². The highest BCUT2D eigenvalue weighted by Gasteiger charge is 2.24. The Morgan fingerprint density at radius 3 is 2.89 bits per heavy atom. The Labute approximate surface area is 111 Å². The predicted octanol–water partition coefficient (Wildman–Crippen LogP) is 2.49. The fourth-order valence-corrected chi connectivity index (χ4v) is 2.69. The van der Waals surface area contributed by atoms with Crippen LogP contribution in [0.3, 0.4) is 0 Å². The zero-order valence-corrected chi connectivity index (χ0v) is 11.7. The number of amidine groups is 1. The number of hydrogen-bond acceptors (Lipinski definition) is 4. The normalized spacial score (nSPS) is 25.3. The number of hydrogen-bond donors (Lipinski definition) is 1. The second-order valence-corrected chi connectivity index (χ2v) is 6.04. The van der Waals surface area contributed by atoms with Crippen molar-refractivity contribution in [1.29, 1.82) is 0 Å². The summed E-state index contributed by atoms with van der Waals surface area (Å²) in [6, 6.07) is 0. The molecule has 0 spiro atoms. The van der Waals surface area contributed by atoms with Crippen LogP contribution >= 0.6 is 11.8 Å². The Hall–Kier alpha value is -1.36. The fourth-order valence-electron chi connectivity index (χ4n) is 2.06. The topological polar surface area (TPSA) is 53.8 Å². The summed E-state index contributed by atoms with van der Waals surface area (Å²) in [6.45, 7) is 6.47. The van der Waals surface area contributed by atoms with Gasteiger partial charge < -0.3 is 5.32 Å². The number of nitrogens with one attached hydrogen (secondary N) is 1. The third-order valence-electron chi connectivity index (χ3n) is 3.07. The first-order valence-corrected chi connectivity index (χ1v) is 6.89. The third kappa shape index (κ3) is 2.90. The molecule has 0 aromatic rings. The monoisotopic (exact) mass is 263 g/mol. The molecule has 1 N–H and O–H groups in total. The maximum atomic E-state index is 11.0. The maximum absolute atomic E-state index is 11.0. The quantitative estimate of drug-likeness (QED) is 0.614. The first kappa shape index (κ1) is 13.1. The van der Waals surface area contributed by atoms with Crippen molar-refractivity contribution in [3.63, 3.8) is 0 Å². The first-order valence-electron chi connectivity index (χ1n) is 5.90. The van der Waals surface area contributed by atoms with Crippen molar-refractivity contribution in [2.24, 2.45) is 15.6 Å². The Morgan fingerprint density at radius 1 is 1.50 bits per heavy atom. The number of carbonyl (C=O) groups is 1. The molecule has 0 bridgehead atoms. The second kappa shape index (κ2) is 5.10. The zero-order chi connectivity index (χ0) is 13.2. The summed E-state index contributed by atoms with van der Waals surface area (Å²) in [4.78, 5) is 11.0. The van der Waals surface area contributed by atoms with Crippen molar-refractivity contribution < 1.29 is 4.79 Å². The molecule has 1 amide bonds. The number of nitrogens with zero attached hydrogens (tertiary/aromatic N) is 2. The van der Waals surface area contributed by atoms with Crippen LogP contribution in [0.4, 0.5) is 0 Å². The van der Waals surface area contributed by atoms with Gasteiger partial charge in [0.1, 0.15) is 0 Å². The molecule has 0 aromatic heterocycles. The first-order chi connectivity index (χ1) is 8.49. The van der Waals surface area contributed by atoms with Gasteiger partial charge in [-0.15, -0.1) is 5.10 Å². The summed E-state index contributed by atoms with van der Waals surface area (Å²) in [7, 11) is 0. The molecule has 0 saturated carbocycles. The van der Waals surface area contributed by atoms with Gasteiger partial charge in [-0.2, -0.15) is 5.10 Å². The lowest BCUT2D eigenvalue weighted by Crippen LogP contribution is -2.20. The summed E-state index contributed by atoms with van der Waals surface area (Å²) in [6.07, 6.45) is 7.11. The van der Waals surface area contributed by atoms with Gasteiger partial charge in [0, 0.05) is 0 Å². The molecule has 1 heterocycles. The average molecular weight is 263 g/mol.